The Labute approximate surface area is 156 Å². The molecule has 4 rings (SSSR count). The zero-order chi connectivity index (χ0) is 19.0. The molecular formula is C20H20FN5O. The Morgan fingerprint density at radius 2 is 1.89 bits per heavy atom. The summed E-state index contributed by atoms with van der Waals surface area (Å²) < 4.78 is 13.3. The van der Waals surface area contributed by atoms with Gasteiger partial charge in [-0.25, -0.2) is 24.3 Å². The average Bonchev–Trinajstić information content (AvgIpc) is 2.67. The molecule has 3 heterocycles. The lowest BCUT2D eigenvalue weighted by Crippen LogP contribution is -2.33. The van der Waals surface area contributed by atoms with E-state index >= 15 is 0 Å². The third-order valence-electron chi connectivity index (χ3n) is 4.65. The van der Waals surface area contributed by atoms with Crippen molar-refractivity contribution in [2.24, 2.45) is 0 Å². The minimum Gasteiger partial charge on any atom is -0.385 e. The summed E-state index contributed by atoms with van der Waals surface area (Å²) in [7, 11) is 0. The van der Waals surface area contributed by atoms with Crippen molar-refractivity contribution in [3.63, 3.8) is 0 Å². The second-order valence-electron chi connectivity index (χ2n) is 6.67. The van der Waals surface area contributed by atoms with Gasteiger partial charge in [0.1, 0.15) is 23.6 Å². The second kappa shape index (κ2) is 7.00. The largest absolute Gasteiger partial charge is 0.385 e. The van der Waals surface area contributed by atoms with Gasteiger partial charge in [-0.05, 0) is 50.6 Å². The van der Waals surface area contributed by atoms with Crippen LogP contribution in [0.5, 0.6) is 0 Å². The van der Waals surface area contributed by atoms with Gasteiger partial charge in [0.25, 0.3) is 0 Å². The van der Waals surface area contributed by atoms with Crippen LogP contribution in [-0.4, -0.2) is 31.6 Å². The minimum absolute atomic E-state index is 0.262. The number of aryl methyl sites for hydroxylation is 1. The van der Waals surface area contributed by atoms with Crippen LogP contribution in [-0.2, 0) is 13.0 Å². The molecule has 0 radical (unpaired) electrons. The van der Waals surface area contributed by atoms with Crippen molar-refractivity contribution >= 4 is 5.82 Å². The highest BCUT2D eigenvalue weighted by Crippen LogP contribution is 2.30. The number of nitrogens with zero attached hydrogens (tertiary/aromatic N) is 5. The molecule has 0 bridgehead atoms. The lowest BCUT2D eigenvalue weighted by atomic mass is 9.98. The van der Waals surface area contributed by atoms with Gasteiger partial charge in [-0.15, -0.1) is 0 Å². The first-order valence-corrected chi connectivity index (χ1v) is 8.89. The van der Waals surface area contributed by atoms with Gasteiger partial charge in [-0.1, -0.05) is 0 Å². The van der Waals surface area contributed by atoms with Gasteiger partial charge in [0.2, 0.25) is 0 Å². The molecule has 138 valence electrons. The van der Waals surface area contributed by atoms with Gasteiger partial charge in [-0.2, -0.15) is 0 Å². The number of aliphatic hydroxyl groups is 1. The standard InChI is InChI=1S/C20H20FN5O/c1-12(27)20-22-9-7-18(25-20)26-10-8-16-17(11-26)23-13(2)24-19(16)14-3-5-15(21)6-4-14/h3-7,9,12,27H,8,10-11H2,1-2H3. The Kier molecular flexibility index (Phi) is 4.53. The van der Waals surface area contributed by atoms with Crippen molar-refractivity contribution in [3.05, 3.63) is 65.3 Å². The summed E-state index contributed by atoms with van der Waals surface area (Å²) in [5, 5.41) is 9.73. The first-order chi connectivity index (χ1) is 13.0. The Bertz CT molecular complexity index is 975. The molecule has 0 saturated heterocycles. The molecule has 1 aromatic carbocycles. The van der Waals surface area contributed by atoms with Crippen LogP contribution in [0.4, 0.5) is 10.2 Å². The summed E-state index contributed by atoms with van der Waals surface area (Å²) in [6.45, 7) is 4.87. The number of fused-ring (bicyclic) bond motifs is 1. The van der Waals surface area contributed by atoms with Crippen molar-refractivity contribution in [1.29, 1.82) is 0 Å². The SMILES string of the molecule is Cc1nc2c(c(-c3ccc(F)cc3)n1)CCN(c1ccnc(C(C)O)n1)C2. The molecule has 2 aromatic heterocycles. The third kappa shape index (κ3) is 3.50. The zero-order valence-corrected chi connectivity index (χ0v) is 15.2. The highest BCUT2D eigenvalue weighted by atomic mass is 19.1. The van der Waals surface area contributed by atoms with Gasteiger partial charge >= 0.3 is 0 Å². The number of rotatable bonds is 3. The minimum atomic E-state index is -0.711. The number of halogens is 1. The fraction of sp³-hybridized carbons (Fsp3) is 0.300. The summed E-state index contributed by atoms with van der Waals surface area (Å²) in [6.07, 6.45) is 1.71. The molecular weight excluding hydrogens is 345 g/mol. The van der Waals surface area contributed by atoms with Gasteiger partial charge in [-0.3, -0.25) is 0 Å². The third-order valence-corrected chi connectivity index (χ3v) is 4.65. The highest BCUT2D eigenvalue weighted by Gasteiger charge is 2.23. The fourth-order valence-corrected chi connectivity index (χ4v) is 3.34. The van der Waals surface area contributed by atoms with E-state index in [-0.39, 0.29) is 5.82 Å². The van der Waals surface area contributed by atoms with Gasteiger partial charge in [0, 0.05) is 23.9 Å². The number of hydrogen-bond donors (Lipinski definition) is 1. The lowest BCUT2D eigenvalue weighted by Gasteiger charge is -2.30. The number of benzene rings is 1. The smallest absolute Gasteiger partial charge is 0.158 e. The molecule has 1 unspecified atom stereocenters. The summed E-state index contributed by atoms with van der Waals surface area (Å²) in [5.74, 6) is 1.60. The van der Waals surface area contributed by atoms with E-state index in [2.05, 4.69) is 24.8 Å². The molecule has 0 amide bonds. The van der Waals surface area contributed by atoms with E-state index in [0.29, 0.717) is 18.2 Å². The number of aliphatic hydroxyl groups excluding tert-OH is 1. The topological polar surface area (TPSA) is 75.0 Å². The maximum Gasteiger partial charge on any atom is 0.158 e. The molecule has 6 nitrogen and oxygen atoms in total. The molecule has 0 aliphatic carbocycles. The number of aromatic nitrogens is 4. The van der Waals surface area contributed by atoms with Crippen molar-refractivity contribution in [2.45, 2.75) is 32.9 Å². The molecule has 3 aromatic rings. The van der Waals surface area contributed by atoms with Crippen molar-refractivity contribution in [2.75, 3.05) is 11.4 Å². The first kappa shape index (κ1) is 17.5. The van der Waals surface area contributed by atoms with Gasteiger partial charge in [0.15, 0.2) is 5.82 Å². The molecule has 1 N–H and O–H groups in total. The van der Waals surface area contributed by atoms with E-state index in [1.807, 2.05) is 13.0 Å². The Morgan fingerprint density at radius 3 is 2.63 bits per heavy atom. The van der Waals surface area contributed by atoms with E-state index in [1.54, 1.807) is 25.3 Å². The molecule has 1 atom stereocenters. The summed E-state index contributed by atoms with van der Waals surface area (Å²) in [6, 6.07) is 8.25. The molecule has 0 saturated carbocycles. The quantitative estimate of drug-likeness (QED) is 0.769. The van der Waals surface area contributed by atoms with Crippen LogP contribution in [0.25, 0.3) is 11.3 Å². The molecule has 7 heteroatoms. The maximum absolute atomic E-state index is 13.3. The monoisotopic (exact) mass is 365 g/mol. The van der Waals surface area contributed by atoms with Crippen LogP contribution in [0.1, 0.15) is 35.9 Å². The van der Waals surface area contributed by atoms with Crippen LogP contribution in [0, 0.1) is 12.7 Å². The van der Waals surface area contributed by atoms with Crippen LogP contribution < -0.4 is 4.90 Å². The Balaban J connectivity index is 1.69. The lowest BCUT2D eigenvalue weighted by molar-refractivity contribution is 0.189. The summed E-state index contributed by atoms with van der Waals surface area (Å²) >= 11 is 0. The van der Waals surface area contributed by atoms with E-state index in [9.17, 15) is 9.50 Å². The molecule has 1 aliphatic heterocycles. The van der Waals surface area contributed by atoms with E-state index in [1.165, 1.54) is 12.1 Å². The predicted molar refractivity (Wildman–Crippen MR) is 99.6 cm³/mol. The van der Waals surface area contributed by atoms with Crippen LogP contribution in [0.15, 0.2) is 36.5 Å². The normalized spacial score (nSPS) is 14.7. The zero-order valence-electron chi connectivity index (χ0n) is 15.2. The fourth-order valence-electron chi connectivity index (χ4n) is 3.34. The number of anilines is 1. The summed E-state index contributed by atoms with van der Waals surface area (Å²) in [4.78, 5) is 19.9. The molecule has 0 spiro atoms. The van der Waals surface area contributed by atoms with Crippen molar-refractivity contribution in [1.82, 2.24) is 19.9 Å². The van der Waals surface area contributed by atoms with E-state index in [0.717, 1.165) is 41.3 Å². The summed E-state index contributed by atoms with van der Waals surface area (Å²) in [5.41, 5.74) is 3.80. The van der Waals surface area contributed by atoms with E-state index < -0.39 is 6.10 Å². The maximum atomic E-state index is 13.3. The molecule has 0 fully saturated rings. The Morgan fingerprint density at radius 1 is 1.11 bits per heavy atom. The second-order valence-corrected chi connectivity index (χ2v) is 6.67. The highest BCUT2D eigenvalue weighted by molar-refractivity contribution is 5.65. The van der Waals surface area contributed by atoms with Crippen molar-refractivity contribution in [3.8, 4) is 11.3 Å². The molecule has 1 aliphatic rings. The van der Waals surface area contributed by atoms with Crippen LogP contribution >= 0.6 is 0 Å². The van der Waals surface area contributed by atoms with Gasteiger partial charge < -0.3 is 10.0 Å². The van der Waals surface area contributed by atoms with Crippen LogP contribution in [0.3, 0.4) is 0 Å². The predicted octanol–water partition coefficient (Wildman–Crippen LogP) is 3.00. The molecule has 27 heavy (non-hydrogen) atoms. The average molecular weight is 365 g/mol. The van der Waals surface area contributed by atoms with E-state index in [4.69, 9.17) is 0 Å². The Hall–Kier alpha value is -2.93. The van der Waals surface area contributed by atoms with Gasteiger partial charge in [0.05, 0.1) is 17.9 Å². The van der Waals surface area contributed by atoms with Crippen LogP contribution in [0.2, 0.25) is 0 Å². The first-order valence-electron chi connectivity index (χ1n) is 8.89. The van der Waals surface area contributed by atoms with Crippen molar-refractivity contribution < 1.29 is 9.50 Å². The number of hydrogen-bond acceptors (Lipinski definition) is 6.